The van der Waals surface area contributed by atoms with Crippen LogP contribution in [-0.2, 0) is 20.0 Å². The summed E-state index contributed by atoms with van der Waals surface area (Å²) >= 11 is 0. The quantitative estimate of drug-likeness (QED) is 0.340. The van der Waals surface area contributed by atoms with Crippen molar-refractivity contribution in [2.24, 2.45) is 23.9 Å². The number of aryl methyl sites for hydroxylation is 2. The second-order valence-electron chi connectivity index (χ2n) is 4.73. The van der Waals surface area contributed by atoms with Crippen molar-refractivity contribution in [3.63, 3.8) is 0 Å². The van der Waals surface area contributed by atoms with E-state index in [9.17, 15) is 0 Å². The van der Waals surface area contributed by atoms with E-state index in [1.54, 1.807) is 0 Å². The molecule has 3 N–H and O–H groups in total. The van der Waals surface area contributed by atoms with Crippen LogP contribution in [0.5, 0.6) is 0 Å². The maximum atomic E-state index is 8.62. The summed E-state index contributed by atoms with van der Waals surface area (Å²) in [4.78, 5) is 2.14. The number of aromatic nitrogens is 2. The summed E-state index contributed by atoms with van der Waals surface area (Å²) in [5.41, 5.74) is 7.84. The van der Waals surface area contributed by atoms with E-state index in [0.29, 0.717) is 0 Å². The van der Waals surface area contributed by atoms with Crippen molar-refractivity contribution >= 4 is 5.84 Å². The van der Waals surface area contributed by atoms with Gasteiger partial charge in [0.25, 0.3) is 0 Å². The lowest BCUT2D eigenvalue weighted by atomic mass is 10.1. The minimum absolute atomic E-state index is 0.0267. The van der Waals surface area contributed by atoms with Gasteiger partial charge in [-0.15, -0.1) is 0 Å². The Morgan fingerprint density at radius 2 is 2.33 bits per heavy atom. The lowest BCUT2D eigenvalue weighted by Crippen LogP contribution is -2.32. The fraction of sp³-hybridized carbons (Fsp3) is 0.667. The van der Waals surface area contributed by atoms with Gasteiger partial charge in [-0.25, -0.2) is 0 Å². The van der Waals surface area contributed by atoms with Crippen molar-refractivity contribution in [3.05, 3.63) is 17.5 Å². The third kappa shape index (κ3) is 3.73. The average molecular weight is 253 g/mol. The normalized spacial score (nSPS) is 14.2. The molecule has 0 spiro atoms. The van der Waals surface area contributed by atoms with Gasteiger partial charge in [-0.1, -0.05) is 19.0 Å². The van der Waals surface area contributed by atoms with Crippen LogP contribution in [0.3, 0.4) is 0 Å². The second kappa shape index (κ2) is 6.39. The Kier molecular flexibility index (Phi) is 5.15. The van der Waals surface area contributed by atoms with Gasteiger partial charge in [-0.05, 0) is 19.5 Å². The SMILES string of the molecule is CCc1cc(CN(C)CC(C)C(N)=NO)n(C)n1. The number of oxime groups is 1. The molecular weight excluding hydrogens is 230 g/mol. The molecule has 102 valence electrons. The van der Waals surface area contributed by atoms with Crippen LogP contribution in [0.25, 0.3) is 0 Å². The number of hydrogen-bond donors (Lipinski definition) is 2. The highest BCUT2D eigenvalue weighted by Crippen LogP contribution is 2.08. The molecule has 1 heterocycles. The van der Waals surface area contributed by atoms with E-state index in [0.717, 1.165) is 25.2 Å². The minimum Gasteiger partial charge on any atom is -0.409 e. The van der Waals surface area contributed by atoms with E-state index >= 15 is 0 Å². The Morgan fingerprint density at radius 1 is 1.67 bits per heavy atom. The van der Waals surface area contributed by atoms with Crippen LogP contribution in [0, 0.1) is 5.92 Å². The summed E-state index contributed by atoms with van der Waals surface area (Å²) in [7, 11) is 3.97. The van der Waals surface area contributed by atoms with Gasteiger partial charge in [-0.2, -0.15) is 5.10 Å². The van der Waals surface area contributed by atoms with Gasteiger partial charge >= 0.3 is 0 Å². The first-order valence-electron chi connectivity index (χ1n) is 6.15. The predicted octanol–water partition coefficient (Wildman–Crippen LogP) is 0.797. The Balaban J connectivity index is 2.58. The highest BCUT2D eigenvalue weighted by molar-refractivity contribution is 5.82. The van der Waals surface area contributed by atoms with Crippen LogP contribution in [0.1, 0.15) is 25.2 Å². The molecule has 1 atom stereocenters. The molecule has 0 aliphatic rings. The molecule has 0 aliphatic heterocycles. The standard InChI is InChI=1S/C12H23N5O/c1-5-10-6-11(17(4)14-10)8-16(3)7-9(2)12(13)15-18/h6,9,18H,5,7-8H2,1-4H3,(H2,13,15). The molecule has 1 aromatic heterocycles. The van der Waals surface area contributed by atoms with Gasteiger partial charge in [0, 0.05) is 26.1 Å². The highest BCUT2D eigenvalue weighted by atomic mass is 16.4. The molecule has 18 heavy (non-hydrogen) atoms. The van der Waals surface area contributed by atoms with E-state index in [4.69, 9.17) is 10.9 Å². The monoisotopic (exact) mass is 253 g/mol. The fourth-order valence-electron chi connectivity index (χ4n) is 1.89. The van der Waals surface area contributed by atoms with Crippen molar-refractivity contribution < 1.29 is 5.21 Å². The maximum Gasteiger partial charge on any atom is 0.143 e. The molecule has 0 aromatic carbocycles. The minimum atomic E-state index is 0.0267. The summed E-state index contributed by atoms with van der Waals surface area (Å²) in [6.07, 6.45) is 0.943. The first-order valence-corrected chi connectivity index (χ1v) is 6.15. The molecule has 0 amide bonds. The molecular formula is C12H23N5O. The summed E-state index contributed by atoms with van der Waals surface area (Å²) in [5, 5.41) is 16.1. The van der Waals surface area contributed by atoms with Crippen LogP contribution in [-0.4, -0.2) is 39.3 Å². The number of amidine groups is 1. The van der Waals surface area contributed by atoms with Crippen molar-refractivity contribution in [2.75, 3.05) is 13.6 Å². The Labute approximate surface area is 108 Å². The third-order valence-corrected chi connectivity index (χ3v) is 3.03. The van der Waals surface area contributed by atoms with Crippen LogP contribution >= 0.6 is 0 Å². The van der Waals surface area contributed by atoms with E-state index in [-0.39, 0.29) is 11.8 Å². The summed E-state index contributed by atoms with van der Waals surface area (Å²) in [5.74, 6) is 0.292. The van der Waals surface area contributed by atoms with Gasteiger partial charge in [0.2, 0.25) is 0 Å². The molecule has 6 nitrogen and oxygen atoms in total. The van der Waals surface area contributed by atoms with Gasteiger partial charge in [-0.3, -0.25) is 9.58 Å². The molecule has 0 fully saturated rings. The Bertz CT molecular complexity index is 413. The molecule has 0 saturated heterocycles. The zero-order chi connectivity index (χ0) is 13.7. The highest BCUT2D eigenvalue weighted by Gasteiger charge is 2.13. The third-order valence-electron chi connectivity index (χ3n) is 3.03. The zero-order valence-corrected chi connectivity index (χ0v) is 11.6. The topological polar surface area (TPSA) is 79.7 Å². The van der Waals surface area contributed by atoms with Gasteiger partial charge in [0.05, 0.1) is 11.4 Å². The summed E-state index contributed by atoms with van der Waals surface area (Å²) in [6, 6.07) is 2.12. The second-order valence-corrected chi connectivity index (χ2v) is 4.73. The van der Waals surface area contributed by atoms with Crippen molar-refractivity contribution in [1.82, 2.24) is 14.7 Å². The molecule has 6 heteroatoms. The number of nitrogens with two attached hydrogens (primary N) is 1. The molecule has 1 aromatic rings. The van der Waals surface area contributed by atoms with Crippen molar-refractivity contribution in [2.45, 2.75) is 26.8 Å². The molecule has 1 rings (SSSR count). The molecule has 0 aliphatic carbocycles. The zero-order valence-electron chi connectivity index (χ0n) is 11.6. The molecule has 1 unspecified atom stereocenters. The summed E-state index contributed by atoms with van der Waals surface area (Å²) in [6.45, 7) is 5.57. The lowest BCUT2D eigenvalue weighted by molar-refractivity contribution is 0.285. The van der Waals surface area contributed by atoms with Crippen LogP contribution < -0.4 is 5.73 Å². The Hall–Kier alpha value is -1.56. The lowest BCUT2D eigenvalue weighted by Gasteiger charge is -2.20. The van der Waals surface area contributed by atoms with Crippen LogP contribution in [0.4, 0.5) is 0 Å². The molecule has 0 radical (unpaired) electrons. The maximum absolute atomic E-state index is 8.62. The summed E-state index contributed by atoms with van der Waals surface area (Å²) < 4.78 is 1.91. The van der Waals surface area contributed by atoms with E-state index < -0.39 is 0 Å². The first-order chi connectivity index (χ1) is 8.47. The number of rotatable bonds is 6. The average Bonchev–Trinajstić information content (AvgIpc) is 2.68. The van der Waals surface area contributed by atoms with Gasteiger partial charge in [0.1, 0.15) is 5.84 Å². The van der Waals surface area contributed by atoms with Crippen molar-refractivity contribution in [3.8, 4) is 0 Å². The van der Waals surface area contributed by atoms with Crippen LogP contribution in [0.2, 0.25) is 0 Å². The fourth-order valence-corrected chi connectivity index (χ4v) is 1.89. The first kappa shape index (κ1) is 14.5. The molecule has 0 saturated carbocycles. The van der Waals surface area contributed by atoms with E-state index in [2.05, 4.69) is 28.1 Å². The van der Waals surface area contributed by atoms with Gasteiger partial charge in [0.15, 0.2) is 0 Å². The Morgan fingerprint density at radius 3 is 2.83 bits per heavy atom. The van der Waals surface area contributed by atoms with Crippen LogP contribution in [0.15, 0.2) is 11.2 Å². The van der Waals surface area contributed by atoms with Gasteiger partial charge < -0.3 is 10.9 Å². The predicted molar refractivity (Wildman–Crippen MR) is 71.5 cm³/mol. The largest absolute Gasteiger partial charge is 0.409 e. The number of nitrogens with zero attached hydrogens (tertiary/aromatic N) is 4. The smallest absolute Gasteiger partial charge is 0.143 e. The number of hydrogen-bond acceptors (Lipinski definition) is 4. The van der Waals surface area contributed by atoms with E-state index in [1.165, 1.54) is 5.69 Å². The van der Waals surface area contributed by atoms with E-state index in [1.807, 2.05) is 25.7 Å². The van der Waals surface area contributed by atoms with Crippen molar-refractivity contribution in [1.29, 1.82) is 0 Å². The molecule has 0 bridgehead atoms.